The van der Waals surface area contributed by atoms with Gasteiger partial charge in [-0.25, -0.2) is 4.68 Å². The maximum atomic E-state index is 10.8. The lowest BCUT2D eigenvalue weighted by Crippen LogP contribution is -2.12. The lowest BCUT2D eigenvalue weighted by molar-refractivity contribution is -0.384. The molecule has 0 unspecified atom stereocenters. The molecule has 104 valence electrons. The number of fused-ring (bicyclic) bond motifs is 1. The van der Waals surface area contributed by atoms with E-state index in [0.29, 0.717) is 11.3 Å². The van der Waals surface area contributed by atoms with E-state index in [1.165, 1.54) is 17.1 Å². The SMILES string of the molecule is N=C(N)c1ccc(-n2cc([N+](=O)[O-])cn2)c2ccccc12. The molecule has 7 heteroatoms. The lowest BCUT2D eigenvalue weighted by Gasteiger charge is -2.10. The van der Waals surface area contributed by atoms with Gasteiger partial charge < -0.3 is 5.73 Å². The fraction of sp³-hybridized carbons (Fsp3) is 0. The van der Waals surface area contributed by atoms with E-state index in [4.69, 9.17) is 11.1 Å². The number of nitro groups is 1. The summed E-state index contributed by atoms with van der Waals surface area (Å²) in [6.45, 7) is 0. The molecule has 3 aromatic rings. The largest absolute Gasteiger partial charge is 0.384 e. The van der Waals surface area contributed by atoms with Crippen molar-refractivity contribution in [3.8, 4) is 5.69 Å². The molecule has 21 heavy (non-hydrogen) atoms. The summed E-state index contributed by atoms with van der Waals surface area (Å²) in [4.78, 5) is 10.3. The van der Waals surface area contributed by atoms with E-state index in [9.17, 15) is 10.1 Å². The van der Waals surface area contributed by atoms with Gasteiger partial charge >= 0.3 is 5.69 Å². The molecule has 0 fully saturated rings. The number of aromatic nitrogens is 2. The highest BCUT2D eigenvalue weighted by Gasteiger charge is 2.13. The Balaban J connectivity index is 2.26. The summed E-state index contributed by atoms with van der Waals surface area (Å²) in [5, 5.41) is 24.0. The van der Waals surface area contributed by atoms with Gasteiger partial charge in [0.25, 0.3) is 0 Å². The number of nitrogen functional groups attached to an aromatic ring is 1. The van der Waals surface area contributed by atoms with Gasteiger partial charge in [-0.3, -0.25) is 15.5 Å². The number of nitrogens with one attached hydrogen (secondary N) is 1. The van der Waals surface area contributed by atoms with Crippen molar-refractivity contribution in [2.24, 2.45) is 5.73 Å². The van der Waals surface area contributed by atoms with Crippen molar-refractivity contribution in [2.75, 3.05) is 0 Å². The Morgan fingerprint density at radius 2 is 1.95 bits per heavy atom. The van der Waals surface area contributed by atoms with Crippen LogP contribution < -0.4 is 5.73 Å². The minimum Gasteiger partial charge on any atom is -0.384 e. The predicted octanol–water partition coefficient (Wildman–Crippen LogP) is 2.22. The van der Waals surface area contributed by atoms with Crippen molar-refractivity contribution < 1.29 is 4.92 Å². The van der Waals surface area contributed by atoms with Crippen LogP contribution in [0.4, 0.5) is 5.69 Å². The second-order valence-corrected chi connectivity index (χ2v) is 4.49. The third kappa shape index (κ3) is 2.10. The van der Waals surface area contributed by atoms with Gasteiger partial charge in [-0.05, 0) is 17.5 Å². The summed E-state index contributed by atoms with van der Waals surface area (Å²) in [6.07, 6.45) is 2.56. The molecule has 0 spiro atoms. The smallest absolute Gasteiger partial charge is 0.307 e. The van der Waals surface area contributed by atoms with E-state index in [0.717, 1.165) is 10.8 Å². The van der Waals surface area contributed by atoms with Crippen molar-refractivity contribution in [3.63, 3.8) is 0 Å². The molecule has 0 saturated carbocycles. The minimum atomic E-state index is -0.490. The van der Waals surface area contributed by atoms with Crippen molar-refractivity contribution in [1.29, 1.82) is 5.41 Å². The first kappa shape index (κ1) is 12.8. The van der Waals surface area contributed by atoms with E-state index < -0.39 is 4.92 Å². The summed E-state index contributed by atoms with van der Waals surface area (Å²) < 4.78 is 1.45. The molecule has 0 saturated heterocycles. The van der Waals surface area contributed by atoms with Crippen LogP contribution in [0.3, 0.4) is 0 Å². The van der Waals surface area contributed by atoms with Crippen molar-refractivity contribution in [3.05, 3.63) is 64.5 Å². The van der Waals surface area contributed by atoms with Crippen LogP contribution in [0.15, 0.2) is 48.8 Å². The van der Waals surface area contributed by atoms with Crippen molar-refractivity contribution >= 4 is 22.3 Å². The summed E-state index contributed by atoms with van der Waals surface area (Å²) in [7, 11) is 0. The first-order chi connectivity index (χ1) is 10.1. The number of amidine groups is 1. The summed E-state index contributed by atoms with van der Waals surface area (Å²) in [5.74, 6) is -0.0239. The number of rotatable bonds is 3. The van der Waals surface area contributed by atoms with Gasteiger partial charge in [-0.15, -0.1) is 0 Å². The standard InChI is InChI=1S/C14H11N5O2/c15-14(16)12-5-6-13(11-4-2-1-3-10(11)12)18-8-9(7-17-18)19(20)21/h1-8H,(H3,15,16). The van der Waals surface area contributed by atoms with Crippen LogP contribution in [0.25, 0.3) is 16.5 Å². The van der Waals surface area contributed by atoms with Crippen LogP contribution in [0.2, 0.25) is 0 Å². The number of nitrogens with two attached hydrogens (primary N) is 1. The Hall–Kier alpha value is -3.22. The fourth-order valence-electron chi connectivity index (χ4n) is 2.26. The van der Waals surface area contributed by atoms with E-state index in [2.05, 4.69) is 5.10 Å². The van der Waals surface area contributed by atoms with Crippen LogP contribution in [-0.4, -0.2) is 20.5 Å². The highest BCUT2D eigenvalue weighted by atomic mass is 16.6. The third-order valence-electron chi connectivity index (χ3n) is 3.22. The van der Waals surface area contributed by atoms with Gasteiger partial charge in [0, 0.05) is 10.9 Å². The fourth-order valence-corrected chi connectivity index (χ4v) is 2.26. The second kappa shape index (κ2) is 4.71. The Kier molecular flexibility index (Phi) is 2.87. The monoisotopic (exact) mass is 281 g/mol. The van der Waals surface area contributed by atoms with Gasteiger partial charge in [-0.2, -0.15) is 5.10 Å². The van der Waals surface area contributed by atoms with Gasteiger partial charge in [-0.1, -0.05) is 24.3 Å². The van der Waals surface area contributed by atoms with E-state index in [-0.39, 0.29) is 11.5 Å². The summed E-state index contributed by atoms with van der Waals surface area (Å²) >= 11 is 0. The maximum Gasteiger partial charge on any atom is 0.307 e. The van der Waals surface area contributed by atoms with E-state index in [1.54, 1.807) is 12.1 Å². The van der Waals surface area contributed by atoms with Crippen LogP contribution in [0.5, 0.6) is 0 Å². The minimum absolute atomic E-state index is 0.0239. The van der Waals surface area contributed by atoms with Crippen molar-refractivity contribution in [1.82, 2.24) is 9.78 Å². The highest BCUT2D eigenvalue weighted by molar-refractivity contribution is 6.09. The van der Waals surface area contributed by atoms with Crippen LogP contribution in [0, 0.1) is 15.5 Å². The predicted molar refractivity (Wildman–Crippen MR) is 78.7 cm³/mol. The first-order valence-corrected chi connectivity index (χ1v) is 6.13. The molecule has 1 heterocycles. The third-order valence-corrected chi connectivity index (χ3v) is 3.22. The zero-order chi connectivity index (χ0) is 15.0. The molecule has 3 N–H and O–H groups in total. The molecular formula is C14H11N5O2. The van der Waals surface area contributed by atoms with Crippen LogP contribution in [-0.2, 0) is 0 Å². The topological polar surface area (TPSA) is 111 Å². The Labute approximate surface area is 119 Å². The number of hydrogen-bond acceptors (Lipinski definition) is 4. The number of nitrogens with zero attached hydrogens (tertiary/aromatic N) is 3. The summed E-state index contributed by atoms with van der Waals surface area (Å²) in [5.41, 5.74) is 6.83. The van der Waals surface area contributed by atoms with Crippen LogP contribution >= 0.6 is 0 Å². The zero-order valence-corrected chi connectivity index (χ0v) is 10.9. The van der Waals surface area contributed by atoms with Gasteiger partial charge in [0.2, 0.25) is 0 Å². The summed E-state index contributed by atoms with van der Waals surface area (Å²) in [6, 6.07) is 10.9. The molecule has 0 aliphatic heterocycles. The first-order valence-electron chi connectivity index (χ1n) is 6.13. The average molecular weight is 281 g/mol. The molecule has 3 rings (SSSR count). The highest BCUT2D eigenvalue weighted by Crippen LogP contribution is 2.26. The lowest BCUT2D eigenvalue weighted by atomic mass is 10.0. The maximum absolute atomic E-state index is 10.8. The zero-order valence-electron chi connectivity index (χ0n) is 10.9. The van der Waals surface area contributed by atoms with Gasteiger partial charge in [0.1, 0.15) is 18.2 Å². The van der Waals surface area contributed by atoms with Crippen LogP contribution in [0.1, 0.15) is 5.56 Å². The van der Waals surface area contributed by atoms with E-state index >= 15 is 0 Å². The molecule has 1 aromatic heterocycles. The molecule has 2 aromatic carbocycles. The molecule has 0 aliphatic rings. The number of benzene rings is 2. The Morgan fingerprint density at radius 3 is 2.57 bits per heavy atom. The molecule has 0 amide bonds. The molecule has 0 radical (unpaired) electrons. The van der Waals surface area contributed by atoms with Gasteiger partial charge in [0.05, 0.1) is 10.6 Å². The molecule has 7 nitrogen and oxygen atoms in total. The molecule has 0 aliphatic carbocycles. The Morgan fingerprint density at radius 1 is 1.24 bits per heavy atom. The number of hydrogen-bond donors (Lipinski definition) is 2. The average Bonchev–Trinajstić information content (AvgIpc) is 2.95. The molecular weight excluding hydrogens is 270 g/mol. The van der Waals surface area contributed by atoms with Crippen molar-refractivity contribution in [2.45, 2.75) is 0 Å². The second-order valence-electron chi connectivity index (χ2n) is 4.49. The van der Waals surface area contributed by atoms with E-state index in [1.807, 2.05) is 24.3 Å². The Bertz CT molecular complexity index is 869. The molecule has 0 atom stereocenters. The quantitative estimate of drug-likeness (QED) is 0.332. The molecule has 0 bridgehead atoms. The van der Waals surface area contributed by atoms with Gasteiger partial charge in [0.15, 0.2) is 0 Å². The normalized spacial score (nSPS) is 10.7.